The number of pyridine rings is 1. The van der Waals surface area contributed by atoms with Gasteiger partial charge in [-0.3, -0.25) is 20.1 Å². The summed E-state index contributed by atoms with van der Waals surface area (Å²) in [5.74, 6) is 5.32. The molecule has 0 spiro atoms. The van der Waals surface area contributed by atoms with Crippen molar-refractivity contribution in [3.05, 3.63) is 29.6 Å². The molecule has 1 atom stereocenters. The Morgan fingerprint density at radius 2 is 2.42 bits per heavy atom. The van der Waals surface area contributed by atoms with Gasteiger partial charge in [0.2, 0.25) is 0 Å². The van der Waals surface area contributed by atoms with Crippen molar-refractivity contribution in [3.63, 3.8) is 0 Å². The number of nitrogens with one attached hydrogen (secondary N) is 1. The Morgan fingerprint density at radius 1 is 1.58 bits per heavy atom. The molecule has 6 nitrogen and oxygen atoms in total. The number of hydrogen-bond donors (Lipinski definition) is 3. The third-order valence-corrected chi connectivity index (χ3v) is 3.51. The van der Waals surface area contributed by atoms with Crippen LogP contribution in [0.25, 0.3) is 0 Å². The van der Waals surface area contributed by atoms with Crippen molar-refractivity contribution < 1.29 is 9.90 Å². The molecule has 1 aliphatic rings. The minimum absolute atomic E-state index is 0.264. The molecule has 0 saturated carbocycles. The highest BCUT2D eigenvalue weighted by atomic mass is 16.3. The Morgan fingerprint density at radius 3 is 3.05 bits per heavy atom. The SMILES string of the molecule is NNC(=O)c1ccc(CN2CCC(CCO)C2)nc1. The first-order chi connectivity index (χ1) is 9.22. The number of nitrogens with two attached hydrogens (primary N) is 1. The fraction of sp³-hybridized carbons (Fsp3) is 0.538. The lowest BCUT2D eigenvalue weighted by Gasteiger charge is -2.15. The fourth-order valence-electron chi connectivity index (χ4n) is 2.44. The van der Waals surface area contributed by atoms with Crippen molar-refractivity contribution >= 4 is 5.91 Å². The van der Waals surface area contributed by atoms with E-state index in [1.54, 1.807) is 12.3 Å². The Kier molecular flexibility index (Phi) is 4.84. The number of amides is 1. The molecular weight excluding hydrogens is 244 g/mol. The Balaban J connectivity index is 1.88. The molecule has 0 bridgehead atoms. The largest absolute Gasteiger partial charge is 0.396 e. The van der Waals surface area contributed by atoms with Gasteiger partial charge in [-0.25, -0.2) is 5.84 Å². The minimum Gasteiger partial charge on any atom is -0.396 e. The van der Waals surface area contributed by atoms with Crippen molar-refractivity contribution in [2.45, 2.75) is 19.4 Å². The third kappa shape index (κ3) is 3.73. The number of hydrazine groups is 1. The quantitative estimate of drug-likeness (QED) is 0.392. The highest BCUT2D eigenvalue weighted by Crippen LogP contribution is 2.20. The zero-order valence-corrected chi connectivity index (χ0v) is 10.9. The van der Waals surface area contributed by atoms with Crippen LogP contribution in [0, 0.1) is 5.92 Å². The molecule has 1 aromatic rings. The Bertz CT molecular complexity index is 421. The molecule has 2 heterocycles. The van der Waals surface area contributed by atoms with E-state index in [4.69, 9.17) is 10.9 Å². The number of likely N-dealkylation sites (tertiary alicyclic amines) is 1. The molecule has 1 saturated heterocycles. The molecular formula is C13H20N4O2. The predicted molar refractivity (Wildman–Crippen MR) is 71.0 cm³/mol. The van der Waals surface area contributed by atoms with Crippen LogP contribution in [-0.4, -0.2) is 40.6 Å². The van der Waals surface area contributed by atoms with Gasteiger partial charge in [-0.15, -0.1) is 0 Å². The lowest BCUT2D eigenvalue weighted by molar-refractivity contribution is 0.0953. The predicted octanol–water partition coefficient (Wildman–Crippen LogP) is -0.111. The molecule has 0 aromatic carbocycles. The van der Waals surface area contributed by atoms with Gasteiger partial charge in [0.05, 0.1) is 11.3 Å². The van der Waals surface area contributed by atoms with Gasteiger partial charge in [-0.05, 0) is 37.4 Å². The molecule has 6 heteroatoms. The molecule has 0 radical (unpaired) electrons. The second-order valence-corrected chi connectivity index (χ2v) is 4.91. The van der Waals surface area contributed by atoms with Crippen LogP contribution in [-0.2, 0) is 6.54 Å². The van der Waals surface area contributed by atoms with E-state index in [9.17, 15) is 4.79 Å². The summed E-state index contributed by atoms with van der Waals surface area (Å²) in [4.78, 5) is 17.9. The lowest BCUT2D eigenvalue weighted by Crippen LogP contribution is -2.30. The number of hydrogen-bond acceptors (Lipinski definition) is 5. The zero-order chi connectivity index (χ0) is 13.7. The summed E-state index contributed by atoms with van der Waals surface area (Å²) in [7, 11) is 0. The van der Waals surface area contributed by atoms with Gasteiger partial charge in [0, 0.05) is 25.9 Å². The van der Waals surface area contributed by atoms with E-state index in [2.05, 4.69) is 15.3 Å². The van der Waals surface area contributed by atoms with E-state index in [1.165, 1.54) is 0 Å². The number of aromatic nitrogens is 1. The summed E-state index contributed by atoms with van der Waals surface area (Å²) in [6, 6.07) is 3.58. The van der Waals surface area contributed by atoms with Crippen LogP contribution in [0.5, 0.6) is 0 Å². The van der Waals surface area contributed by atoms with Crippen molar-refractivity contribution in [2.24, 2.45) is 11.8 Å². The van der Waals surface area contributed by atoms with Gasteiger partial charge in [-0.2, -0.15) is 0 Å². The van der Waals surface area contributed by atoms with Crippen LogP contribution in [0.2, 0.25) is 0 Å². The minimum atomic E-state index is -0.330. The monoisotopic (exact) mass is 264 g/mol. The van der Waals surface area contributed by atoms with Crippen LogP contribution in [0.15, 0.2) is 18.3 Å². The number of aliphatic hydroxyl groups excluding tert-OH is 1. The van der Waals surface area contributed by atoms with E-state index in [-0.39, 0.29) is 12.5 Å². The van der Waals surface area contributed by atoms with Crippen LogP contribution in [0.1, 0.15) is 28.9 Å². The van der Waals surface area contributed by atoms with Crippen molar-refractivity contribution in [3.8, 4) is 0 Å². The smallest absolute Gasteiger partial charge is 0.266 e. The molecule has 1 amide bonds. The van der Waals surface area contributed by atoms with E-state index >= 15 is 0 Å². The Hall–Kier alpha value is -1.50. The molecule has 104 valence electrons. The van der Waals surface area contributed by atoms with Gasteiger partial charge in [0.1, 0.15) is 0 Å². The number of carbonyl (C=O) groups is 1. The number of aliphatic hydroxyl groups is 1. The fourth-order valence-corrected chi connectivity index (χ4v) is 2.44. The van der Waals surface area contributed by atoms with Crippen LogP contribution < -0.4 is 11.3 Å². The average Bonchev–Trinajstić information content (AvgIpc) is 2.86. The summed E-state index contributed by atoms with van der Waals surface area (Å²) in [5, 5.41) is 8.93. The molecule has 0 aliphatic carbocycles. The number of rotatable bonds is 5. The number of nitrogens with zero attached hydrogens (tertiary/aromatic N) is 2. The summed E-state index contributed by atoms with van der Waals surface area (Å²) in [5.41, 5.74) is 3.49. The molecule has 4 N–H and O–H groups in total. The second-order valence-electron chi connectivity index (χ2n) is 4.91. The average molecular weight is 264 g/mol. The highest BCUT2D eigenvalue weighted by molar-refractivity contribution is 5.93. The normalized spacial score (nSPS) is 19.6. The van der Waals surface area contributed by atoms with E-state index in [0.717, 1.165) is 38.2 Å². The lowest BCUT2D eigenvalue weighted by atomic mass is 10.1. The maximum atomic E-state index is 11.3. The van der Waals surface area contributed by atoms with Crippen molar-refractivity contribution in [1.82, 2.24) is 15.3 Å². The number of nitrogen functional groups attached to an aromatic ring is 1. The summed E-state index contributed by atoms with van der Waals surface area (Å²) >= 11 is 0. The van der Waals surface area contributed by atoms with Crippen LogP contribution in [0.3, 0.4) is 0 Å². The first kappa shape index (κ1) is 13.9. The maximum Gasteiger partial charge on any atom is 0.266 e. The van der Waals surface area contributed by atoms with Crippen LogP contribution >= 0.6 is 0 Å². The Labute approximate surface area is 112 Å². The van der Waals surface area contributed by atoms with E-state index in [1.807, 2.05) is 6.07 Å². The van der Waals surface area contributed by atoms with Crippen molar-refractivity contribution in [2.75, 3.05) is 19.7 Å². The third-order valence-electron chi connectivity index (χ3n) is 3.51. The molecule has 1 aromatic heterocycles. The highest BCUT2D eigenvalue weighted by Gasteiger charge is 2.22. The molecule has 1 aliphatic heterocycles. The molecule has 2 rings (SSSR count). The second kappa shape index (κ2) is 6.60. The summed E-state index contributed by atoms with van der Waals surface area (Å²) < 4.78 is 0. The van der Waals surface area contributed by atoms with Crippen LogP contribution in [0.4, 0.5) is 0 Å². The first-order valence-corrected chi connectivity index (χ1v) is 6.52. The van der Waals surface area contributed by atoms with Gasteiger partial charge >= 0.3 is 0 Å². The first-order valence-electron chi connectivity index (χ1n) is 6.52. The van der Waals surface area contributed by atoms with Gasteiger partial charge < -0.3 is 5.11 Å². The topological polar surface area (TPSA) is 91.5 Å². The summed E-state index contributed by atoms with van der Waals surface area (Å²) in [6.07, 6.45) is 3.55. The molecule has 19 heavy (non-hydrogen) atoms. The van der Waals surface area contributed by atoms with Gasteiger partial charge in [0.25, 0.3) is 5.91 Å². The maximum absolute atomic E-state index is 11.3. The summed E-state index contributed by atoms with van der Waals surface area (Å²) in [6.45, 7) is 3.09. The van der Waals surface area contributed by atoms with E-state index in [0.29, 0.717) is 11.5 Å². The van der Waals surface area contributed by atoms with Gasteiger partial charge in [-0.1, -0.05) is 0 Å². The molecule has 1 fully saturated rings. The van der Waals surface area contributed by atoms with Crippen molar-refractivity contribution in [1.29, 1.82) is 0 Å². The van der Waals surface area contributed by atoms with E-state index < -0.39 is 0 Å². The zero-order valence-electron chi connectivity index (χ0n) is 10.9. The standard InChI is InChI=1S/C13H20N4O2/c14-16-13(19)11-1-2-12(15-7-11)9-17-5-3-10(8-17)4-6-18/h1-2,7,10,18H,3-6,8-9,14H2,(H,16,19). The van der Waals surface area contributed by atoms with Gasteiger partial charge in [0.15, 0.2) is 0 Å². The number of carbonyl (C=O) groups excluding carboxylic acids is 1. The molecule has 1 unspecified atom stereocenters.